The fourth-order valence-corrected chi connectivity index (χ4v) is 11.5. The van der Waals surface area contributed by atoms with Crippen molar-refractivity contribution >= 4 is 82.7 Å². The lowest BCUT2D eigenvalue weighted by molar-refractivity contribution is 0.660. The van der Waals surface area contributed by atoms with Crippen LogP contribution < -0.4 is 4.90 Å². The van der Waals surface area contributed by atoms with Crippen LogP contribution in [-0.2, 0) is 5.41 Å². The number of rotatable bonds is 6. The fraction of sp³-hybridized carbons (Fsp3) is 0.0476. The third kappa shape index (κ3) is 5.47. The van der Waals surface area contributed by atoms with Gasteiger partial charge in [0.25, 0.3) is 0 Å². The summed E-state index contributed by atoms with van der Waals surface area (Å²) in [4.78, 5) is 2.50. The van der Waals surface area contributed by atoms with Crippen LogP contribution in [0.3, 0.4) is 0 Å². The quantitative estimate of drug-likeness (QED) is 0.167. The Bertz CT molecular complexity index is 4110. The van der Waals surface area contributed by atoms with Crippen molar-refractivity contribution in [2.75, 3.05) is 4.90 Å². The van der Waals surface area contributed by atoms with Crippen LogP contribution in [0.15, 0.2) is 227 Å². The van der Waals surface area contributed by atoms with E-state index >= 15 is 0 Å². The highest BCUT2D eigenvalue weighted by molar-refractivity contribution is 6.15. The number of hydrogen-bond acceptors (Lipinski definition) is 3. The van der Waals surface area contributed by atoms with Gasteiger partial charge in [-0.25, -0.2) is 0 Å². The first-order chi connectivity index (χ1) is 33.0. The molecule has 0 N–H and O–H groups in total. The minimum absolute atomic E-state index is 0.280. The second-order valence-electron chi connectivity index (χ2n) is 18.4. The van der Waals surface area contributed by atoms with Gasteiger partial charge in [0.05, 0.1) is 22.4 Å². The van der Waals surface area contributed by atoms with Crippen LogP contribution in [0.4, 0.5) is 17.1 Å². The minimum Gasteiger partial charge on any atom is -0.456 e. The summed E-state index contributed by atoms with van der Waals surface area (Å²) in [5.41, 5.74) is 19.4. The van der Waals surface area contributed by atoms with Crippen molar-refractivity contribution < 1.29 is 8.83 Å². The van der Waals surface area contributed by atoms with Crippen LogP contribution >= 0.6 is 0 Å². The van der Waals surface area contributed by atoms with E-state index in [1.165, 1.54) is 33.0 Å². The molecule has 4 nitrogen and oxygen atoms in total. The summed E-state index contributed by atoms with van der Waals surface area (Å²) in [5, 5.41) is 6.82. The van der Waals surface area contributed by atoms with E-state index in [9.17, 15) is 0 Å². The maximum Gasteiger partial charge on any atom is 0.143 e. The van der Waals surface area contributed by atoms with Crippen molar-refractivity contribution in [2.24, 2.45) is 0 Å². The summed E-state index contributed by atoms with van der Waals surface area (Å²) in [6, 6.07) is 79.0. The SMILES string of the molecule is CC1(C)c2ccccc2-c2cccc(N(c3cccc(-c4cccc5oc6ccccc6c45)c3)c3cc(-c4ccccc4-n4c5ccccc5c5ccccc54)c4oc5ccccc5c4c3)c21. The summed E-state index contributed by atoms with van der Waals surface area (Å²) < 4.78 is 15.8. The Kier molecular flexibility index (Phi) is 8.00. The summed E-state index contributed by atoms with van der Waals surface area (Å²) in [5.74, 6) is 0. The number of anilines is 3. The lowest BCUT2D eigenvalue weighted by Gasteiger charge is -2.32. The van der Waals surface area contributed by atoms with Crippen molar-refractivity contribution in [3.05, 3.63) is 230 Å². The third-order valence-electron chi connectivity index (χ3n) is 14.4. The molecule has 0 saturated carbocycles. The number of fused-ring (bicyclic) bond motifs is 12. The first-order valence-electron chi connectivity index (χ1n) is 23.1. The molecule has 0 amide bonds. The first-order valence-corrected chi connectivity index (χ1v) is 23.1. The maximum absolute atomic E-state index is 6.99. The van der Waals surface area contributed by atoms with Gasteiger partial charge in [-0.2, -0.15) is 0 Å². The zero-order valence-corrected chi connectivity index (χ0v) is 37.0. The van der Waals surface area contributed by atoms with E-state index in [2.05, 4.69) is 236 Å². The normalized spacial score (nSPS) is 13.0. The van der Waals surface area contributed by atoms with Gasteiger partial charge >= 0.3 is 0 Å². The van der Waals surface area contributed by atoms with Gasteiger partial charge in [-0.15, -0.1) is 0 Å². The summed E-state index contributed by atoms with van der Waals surface area (Å²) in [7, 11) is 0. The van der Waals surface area contributed by atoms with Crippen LogP contribution in [0.2, 0.25) is 0 Å². The van der Waals surface area contributed by atoms with Crippen molar-refractivity contribution in [1.82, 2.24) is 4.57 Å². The molecule has 3 heterocycles. The van der Waals surface area contributed by atoms with Crippen LogP contribution in [0, 0.1) is 0 Å². The summed E-state index contributed by atoms with van der Waals surface area (Å²) in [6.07, 6.45) is 0. The van der Waals surface area contributed by atoms with Gasteiger partial charge in [0.2, 0.25) is 0 Å². The van der Waals surface area contributed by atoms with Crippen LogP contribution in [0.1, 0.15) is 25.0 Å². The second-order valence-corrected chi connectivity index (χ2v) is 18.4. The van der Waals surface area contributed by atoms with Gasteiger partial charge in [0.1, 0.15) is 22.3 Å². The molecule has 0 aliphatic heterocycles. The van der Waals surface area contributed by atoms with Crippen molar-refractivity contribution in [3.8, 4) is 39.1 Å². The summed E-state index contributed by atoms with van der Waals surface area (Å²) >= 11 is 0. The molecule has 4 heteroatoms. The monoisotopic (exact) mass is 858 g/mol. The molecule has 0 fully saturated rings. The van der Waals surface area contributed by atoms with Gasteiger partial charge < -0.3 is 18.3 Å². The number of aromatic nitrogens is 1. The molecular formula is C63H42N2O2. The predicted octanol–water partition coefficient (Wildman–Crippen LogP) is 17.7. The Labute approximate surface area is 387 Å². The van der Waals surface area contributed by atoms with Gasteiger partial charge in [-0.3, -0.25) is 0 Å². The lowest BCUT2D eigenvalue weighted by atomic mass is 9.81. The Morgan fingerprint density at radius 1 is 0.403 bits per heavy atom. The van der Waals surface area contributed by atoms with E-state index in [-0.39, 0.29) is 5.41 Å². The van der Waals surface area contributed by atoms with Crippen LogP contribution in [-0.4, -0.2) is 4.57 Å². The topological polar surface area (TPSA) is 34.5 Å². The standard InChI is InChI=1S/C63H42N2O2/c1-63(2)52-28-9-3-20-43(52)48-27-16-32-56(61(48)63)64(40-19-15-18-39(36-40)42-26-17-35-59-60(42)49-25-8-14-34-58(49)66-59)41-37-50(62-51(38-41)47-24-7-13-33-57(47)67-62)46-23-6-12-31-55(46)65-53-29-10-4-21-44(53)45-22-5-11-30-54(45)65/h3-38H,1-2H3. The van der Waals surface area contributed by atoms with Crippen LogP contribution in [0.25, 0.3) is 105 Å². The molecule has 3 aromatic heterocycles. The number of nitrogens with zero attached hydrogens (tertiary/aromatic N) is 2. The average Bonchev–Trinajstić information content (AvgIpc) is 4.11. The molecule has 14 rings (SSSR count). The molecule has 13 aromatic rings. The highest BCUT2D eigenvalue weighted by Crippen LogP contribution is 2.55. The van der Waals surface area contributed by atoms with Gasteiger partial charge in [-0.1, -0.05) is 166 Å². The Hall–Kier alpha value is -8.60. The number of para-hydroxylation sites is 5. The number of benzene rings is 10. The zero-order valence-electron chi connectivity index (χ0n) is 37.0. The molecule has 0 unspecified atom stereocenters. The maximum atomic E-state index is 6.99. The lowest BCUT2D eigenvalue weighted by Crippen LogP contribution is -2.20. The summed E-state index contributed by atoms with van der Waals surface area (Å²) in [6.45, 7) is 4.75. The van der Waals surface area contributed by atoms with Crippen LogP contribution in [0.5, 0.6) is 0 Å². The molecule has 0 bridgehead atoms. The molecule has 0 atom stereocenters. The van der Waals surface area contributed by atoms with Gasteiger partial charge in [-0.05, 0) is 100 Å². The molecule has 0 saturated heterocycles. The minimum atomic E-state index is -0.280. The molecule has 0 radical (unpaired) electrons. The molecule has 1 aliphatic carbocycles. The fourth-order valence-electron chi connectivity index (χ4n) is 11.5. The van der Waals surface area contributed by atoms with Crippen molar-refractivity contribution in [3.63, 3.8) is 0 Å². The van der Waals surface area contributed by atoms with E-state index in [1.807, 2.05) is 6.07 Å². The Balaban J connectivity index is 1.07. The molecule has 0 spiro atoms. The first kappa shape index (κ1) is 37.7. The second kappa shape index (κ2) is 14.2. The molecule has 10 aromatic carbocycles. The molecule has 316 valence electrons. The van der Waals surface area contributed by atoms with E-state index in [1.54, 1.807) is 0 Å². The largest absolute Gasteiger partial charge is 0.456 e. The van der Waals surface area contributed by atoms with Crippen molar-refractivity contribution in [1.29, 1.82) is 0 Å². The van der Waals surface area contributed by atoms with Gasteiger partial charge in [0.15, 0.2) is 0 Å². The van der Waals surface area contributed by atoms with Gasteiger partial charge in [0, 0.05) is 60.2 Å². The molecule has 1 aliphatic rings. The number of hydrogen-bond donors (Lipinski definition) is 0. The smallest absolute Gasteiger partial charge is 0.143 e. The zero-order chi connectivity index (χ0) is 44.4. The number of furan rings is 2. The average molecular weight is 859 g/mol. The van der Waals surface area contributed by atoms with E-state index in [0.717, 1.165) is 99.9 Å². The predicted molar refractivity (Wildman–Crippen MR) is 278 cm³/mol. The van der Waals surface area contributed by atoms with E-state index in [0.29, 0.717) is 0 Å². The van der Waals surface area contributed by atoms with Crippen molar-refractivity contribution in [2.45, 2.75) is 19.3 Å². The third-order valence-corrected chi connectivity index (χ3v) is 14.4. The highest BCUT2D eigenvalue weighted by atomic mass is 16.3. The highest BCUT2D eigenvalue weighted by Gasteiger charge is 2.39. The molecule has 67 heavy (non-hydrogen) atoms. The van der Waals surface area contributed by atoms with E-state index < -0.39 is 0 Å². The Morgan fingerprint density at radius 2 is 1.00 bits per heavy atom. The molecular weight excluding hydrogens is 817 g/mol. The van der Waals surface area contributed by atoms with E-state index in [4.69, 9.17) is 8.83 Å². The Morgan fingerprint density at radius 3 is 1.81 bits per heavy atom.